The summed E-state index contributed by atoms with van der Waals surface area (Å²) in [6.07, 6.45) is 1.51. The molecule has 0 saturated heterocycles. The van der Waals surface area contributed by atoms with E-state index in [1.54, 1.807) is 31.2 Å². The van der Waals surface area contributed by atoms with Gasteiger partial charge in [-0.3, -0.25) is 9.36 Å². The zero-order valence-corrected chi connectivity index (χ0v) is 9.95. The van der Waals surface area contributed by atoms with Crippen molar-refractivity contribution in [2.75, 3.05) is 0 Å². The first-order chi connectivity index (χ1) is 8.56. The van der Waals surface area contributed by atoms with E-state index in [4.69, 9.17) is 10.0 Å². The van der Waals surface area contributed by atoms with Crippen LogP contribution in [0.1, 0.15) is 11.3 Å². The van der Waals surface area contributed by atoms with E-state index in [0.717, 1.165) is 5.56 Å². The zero-order valence-electron chi connectivity index (χ0n) is 9.95. The molecule has 6 heteroatoms. The summed E-state index contributed by atoms with van der Waals surface area (Å²) in [4.78, 5) is 15.7. The van der Waals surface area contributed by atoms with E-state index in [1.807, 2.05) is 0 Å². The molecule has 0 amide bonds. The quantitative estimate of drug-likeness (QED) is 0.698. The molecule has 1 aromatic heterocycles. The first-order valence-corrected chi connectivity index (χ1v) is 5.54. The van der Waals surface area contributed by atoms with Crippen molar-refractivity contribution in [1.29, 1.82) is 0 Å². The fourth-order valence-corrected chi connectivity index (χ4v) is 1.63. The number of hydrogen-bond donors (Lipinski definition) is 2. The van der Waals surface area contributed by atoms with Crippen molar-refractivity contribution >= 4 is 12.6 Å². The number of aryl methyl sites for hydroxylation is 1. The van der Waals surface area contributed by atoms with Crippen molar-refractivity contribution in [2.24, 2.45) is 0 Å². The lowest BCUT2D eigenvalue weighted by Gasteiger charge is -2.06. The number of aromatic nitrogens is 2. The van der Waals surface area contributed by atoms with Crippen LogP contribution in [-0.2, 0) is 6.54 Å². The van der Waals surface area contributed by atoms with Crippen LogP contribution in [0.25, 0.3) is 0 Å². The summed E-state index contributed by atoms with van der Waals surface area (Å²) in [6, 6.07) is 8.22. The molecule has 0 unspecified atom stereocenters. The molecular formula is C12H13BN2O3. The van der Waals surface area contributed by atoms with Gasteiger partial charge < -0.3 is 10.0 Å². The molecule has 2 rings (SSSR count). The van der Waals surface area contributed by atoms with Crippen molar-refractivity contribution < 1.29 is 10.0 Å². The van der Waals surface area contributed by atoms with Gasteiger partial charge in [-0.05, 0) is 17.9 Å². The number of benzene rings is 1. The molecule has 0 saturated carbocycles. The van der Waals surface area contributed by atoms with Crippen molar-refractivity contribution in [3.8, 4) is 0 Å². The topological polar surface area (TPSA) is 75.4 Å². The van der Waals surface area contributed by atoms with Gasteiger partial charge in [-0.1, -0.05) is 24.3 Å². The number of hydrogen-bond acceptors (Lipinski definition) is 4. The van der Waals surface area contributed by atoms with Crippen LogP contribution in [0, 0.1) is 6.92 Å². The molecule has 0 spiro atoms. The maximum atomic E-state index is 11.7. The fraction of sp³-hybridized carbons (Fsp3) is 0.167. The van der Waals surface area contributed by atoms with E-state index in [0.29, 0.717) is 17.7 Å². The van der Waals surface area contributed by atoms with Gasteiger partial charge in [0.15, 0.2) is 0 Å². The molecule has 18 heavy (non-hydrogen) atoms. The maximum Gasteiger partial charge on any atom is 0.488 e. The van der Waals surface area contributed by atoms with Crippen molar-refractivity contribution in [3.05, 3.63) is 58.3 Å². The standard InChI is InChI=1S/C12H13BN2O3/c1-9-6-12(16)15(8-14-9)7-10-2-4-11(5-3-10)13(17)18/h2-6,8,17-18H,7H2,1H3. The Kier molecular flexibility index (Phi) is 3.59. The first-order valence-electron chi connectivity index (χ1n) is 5.54. The highest BCUT2D eigenvalue weighted by atomic mass is 16.4. The van der Waals surface area contributed by atoms with Crippen LogP contribution in [0.15, 0.2) is 41.5 Å². The van der Waals surface area contributed by atoms with Gasteiger partial charge in [0.05, 0.1) is 12.9 Å². The Bertz CT molecular complexity index is 593. The molecule has 0 aliphatic heterocycles. The minimum Gasteiger partial charge on any atom is -0.423 e. The highest BCUT2D eigenvalue weighted by molar-refractivity contribution is 6.58. The van der Waals surface area contributed by atoms with Crippen LogP contribution >= 0.6 is 0 Å². The van der Waals surface area contributed by atoms with E-state index in [2.05, 4.69) is 4.98 Å². The predicted molar refractivity (Wildman–Crippen MR) is 68.6 cm³/mol. The highest BCUT2D eigenvalue weighted by Crippen LogP contribution is 1.99. The van der Waals surface area contributed by atoms with E-state index in [9.17, 15) is 4.79 Å². The second-order valence-corrected chi connectivity index (χ2v) is 4.11. The summed E-state index contributed by atoms with van der Waals surface area (Å²) in [6.45, 7) is 2.18. The number of nitrogens with zero attached hydrogens (tertiary/aromatic N) is 2. The minimum atomic E-state index is -1.47. The van der Waals surface area contributed by atoms with E-state index < -0.39 is 7.12 Å². The van der Waals surface area contributed by atoms with E-state index >= 15 is 0 Å². The normalized spacial score (nSPS) is 10.4. The maximum absolute atomic E-state index is 11.7. The molecule has 0 radical (unpaired) electrons. The third-order valence-electron chi connectivity index (χ3n) is 2.65. The smallest absolute Gasteiger partial charge is 0.423 e. The molecule has 0 aliphatic rings. The molecule has 1 aromatic carbocycles. The zero-order chi connectivity index (χ0) is 13.1. The van der Waals surface area contributed by atoms with Crippen LogP contribution in [0.4, 0.5) is 0 Å². The lowest BCUT2D eigenvalue weighted by molar-refractivity contribution is 0.426. The average molecular weight is 244 g/mol. The molecule has 92 valence electrons. The average Bonchev–Trinajstić information content (AvgIpc) is 2.33. The molecule has 1 heterocycles. The van der Waals surface area contributed by atoms with Crippen molar-refractivity contribution in [1.82, 2.24) is 9.55 Å². The first kappa shape index (κ1) is 12.5. The molecule has 0 bridgehead atoms. The molecule has 0 atom stereocenters. The monoisotopic (exact) mass is 244 g/mol. The third-order valence-corrected chi connectivity index (χ3v) is 2.65. The fourth-order valence-electron chi connectivity index (χ4n) is 1.63. The second kappa shape index (κ2) is 5.16. The van der Waals surface area contributed by atoms with Crippen LogP contribution in [-0.4, -0.2) is 26.7 Å². The van der Waals surface area contributed by atoms with Gasteiger partial charge in [0.1, 0.15) is 0 Å². The van der Waals surface area contributed by atoms with Gasteiger partial charge in [-0.2, -0.15) is 0 Å². The van der Waals surface area contributed by atoms with Crippen molar-refractivity contribution in [3.63, 3.8) is 0 Å². The molecule has 2 aromatic rings. The third kappa shape index (κ3) is 2.85. The lowest BCUT2D eigenvalue weighted by atomic mass is 9.80. The van der Waals surface area contributed by atoms with Crippen LogP contribution < -0.4 is 11.0 Å². The minimum absolute atomic E-state index is 0.103. The van der Waals surface area contributed by atoms with Gasteiger partial charge in [-0.25, -0.2) is 4.98 Å². The lowest BCUT2D eigenvalue weighted by Crippen LogP contribution is -2.29. The van der Waals surface area contributed by atoms with Crippen LogP contribution in [0.5, 0.6) is 0 Å². The SMILES string of the molecule is Cc1cc(=O)n(Cc2ccc(B(O)O)cc2)cn1. The van der Waals surface area contributed by atoms with Gasteiger partial charge in [-0.15, -0.1) is 0 Å². The Labute approximate surface area is 105 Å². The highest BCUT2D eigenvalue weighted by Gasteiger charge is 2.09. The van der Waals surface area contributed by atoms with Gasteiger partial charge in [0, 0.05) is 11.8 Å². The van der Waals surface area contributed by atoms with E-state index in [1.165, 1.54) is 17.0 Å². The Morgan fingerprint density at radius 1 is 1.28 bits per heavy atom. The summed E-state index contributed by atoms with van der Waals surface area (Å²) >= 11 is 0. The van der Waals surface area contributed by atoms with Crippen LogP contribution in [0.2, 0.25) is 0 Å². The van der Waals surface area contributed by atoms with Crippen LogP contribution in [0.3, 0.4) is 0 Å². The van der Waals surface area contributed by atoms with Gasteiger partial charge in [0.2, 0.25) is 0 Å². The second-order valence-electron chi connectivity index (χ2n) is 4.11. The Morgan fingerprint density at radius 2 is 1.94 bits per heavy atom. The molecular weight excluding hydrogens is 231 g/mol. The summed E-state index contributed by atoms with van der Waals surface area (Å²) in [5.74, 6) is 0. The summed E-state index contributed by atoms with van der Waals surface area (Å²) in [5.41, 5.74) is 1.91. The summed E-state index contributed by atoms with van der Waals surface area (Å²) in [7, 11) is -1.47. The molecule has 2 N–H and O–H groups in total. The number of rotatable bonds is 3. The predicted octanol–water partition coefficient (Wildman–Crippen LogP) is -0.720. The molecule has 0 fully saturated rings. The Balaban J connectivity index is 2.21. The Hall–Kier alpha value is -1.92. The van der Waals surface area contributed by atoms with E-state index in [-0.39, 0.29) is 5.56 Å². The van der Waals surface area contributed by atoms with Crippen molar-refractivity contribution in [2.45, 2.75) is 13.5 Å². The summed E-state index contributed by atoms with van der Waals surface area (Å²) in [5, 5.41) is 17.9. The molecule has 5 nitrogen and oxygen atoms in total. The molecule has 0 aliphatic carbocycles. The Morgan fingerprint density at radius 3 is 2.50 bits per heavy atom. The summed E-state index contributed by atoms with van der Waals surface area (Å²) < 4.78 is 1.50. The van der Waals surface area contributed by atoms with Gasteiger partial charge >= 0.3 is 7.12 Å². The largest absolute Gasteiger partial charge is 0.488 e. The van der Waals surface area contributed by atoms with Gasteiger partial charge in [0.25, 0.3) is 5.56 Å².